The van der Waals surface area contributed by atoms with Gasteiger partial charge in [0.25, 0.3) is 0 Å². The highest BCUT2D eigenvalue weighted by Crippen LogP contribution is 2.27. The zero-order valence-corrected chi connectivity index (χ0v) is 17.7. The number of anilines is 1. The molecule has 0 saturated carbocycles. The van der Waals surface area contributed by atoms with Crippen LogP contribution in [0.25, 0.3) is 0 Å². The van der Waals surface area contributed by atoms with Gasteiger partial charge in [-0.05, 0) is 50.0 Å². The number of nitrogens with one attached hydrogen (secondary N) is 1. The van der Waals surface area contributed by atoms with Crippen molar-refractivity contribution in [2.45, 2.75) is 6.04 Å². The van der Waals surface area contributed by atoms with Gasteiger partial charge in [-0.3, -0.25) is 4.79 Å². The molecule has 1 N–H and O–H groups in total. The summed E-state index contributed by atoms with van der Waals surface area (Å²) in [5, 5.41) is 3.29. The van der Waals surface area contributed by atoms with Crippen LogP contribution < -0.4 is 19.7 Å². The van der Waals surface area contributed by atoms with Crippen LogP contribution >= 0.6 is 0 Å². The third-order valence-electron chi connectivity index (χ3n) is 4.75. The fourth-order valence-electron chi connectivity index (χ4n) is 3.03. The topological polar surface area (TPSA) is 54.0 Å². The Morgan fingerprint density at radius 3 is 2.14 bits per heavy atom. The van der Waals surface area contributed by atoms with Gasteiger partial charge in [-0.1, -0.05) is 12.1 Å². The maximum atomic E-state index is 12.5. The molecule has 28 heavy (non-hydrogen) atoms. The molecule has 2 aromatic carbocycles. The van der Waals surface area contributed by atoms with Gasteiger partial charge in [0.15, 0.2) is 17.3 Å². The summed E-state index contributed by atoms with van der Waals surface area (Å²) in [5.74, 6) is 1.18. The van der Waals surface area contributed by atoms with Gasteiger partial charge in [-0.25, -0.2) is 0 Å². The van der Waals surface area contributed by atoms with Crippen molar-refractivity contribution in [3.63, 3.8) is 0 Å². The predicted molar refractivity (Wildman–Crippen MR) is 114 cm³/mol. The Morgan fingerprint density at radius 2 is 1.61 bits per heavy atom. The Bertz CT molecular complexity index is 773. The highest BCUT2D eigenvalue weighted by atomic mass is 16.5. The second-order valence-corrected chi connectivity index (χ2v) is 7.09. The normalized spacial score (nSPS) is 12.0. The van der Waals surface area contributed by atoms with E-state index in [1.165, 1.54) is 5.56 Å². The van der Waals surface area contributed by atoms with Crippen molar-refractivity contribution < 1.29 is 14.3 Å². The summed E-state index contributed by atoms with van der Waals surface area (Å²) in [6, 6.07) is 13.9. The lowest BCUT2D eigenvalue weighted by molar-refractivity contribution is 0.0988. The first-order chi connectivity index (χ1) is 13.4. The van der Waals surface area contributed by atoms with E-state index in [2.05, 4.69) is 39.4 Å². The molecule has 0 aliphatic rings. The maximum absolute atomic E-state index is 12.5. The van der Waals surface area contributed by atoms with Crippen LogP contribution in [0.1, 0.15) is 22.0 Å². The average Bonchev–Trinajstić information content (AvgIpc) is 2.70. The molecular weight excluding hydrogens is 354 g/mol. The first-order valence-corrected chi connectivity index (χ1v) is 9.27. The molecule has 1 unspecified atom stereocenters. The number of hydrogen-bond donors (Lipinski definition) is 1. The predicted octanol–water partition coefficient (Wildman–Crippen LogP) is 2.85. The zero-order valence-electron chi connectivity index (χ0n) is 17.7. The molecule has 0 saturated heterocycles. The number of carbonyl (C=O) groups is 1. The number of ether oxygens (including phenoxy) is 2. The van der Waals surface area contributed by atoms with Gasteiger partial charge in [-0.2, -0.15) is 0 Å². The standard InChI is InChI=1S/C22H31N3O3/c1-24(2)18-10-7-16(8-11-18)19(25(3)4)14-23-15-20(26)17-9-12-21(27-5)22(13-17)28-6/h7-13,19,23H,14-15H2,1-6H3. The van der Waals surface area contributed by atoms with Crippen molar-refractivity contribution >= 4 is 11.5 Å². The van der Waals surface area contributed by atoms with E-state index in [9.17, 15) is 4.79 Å². The van der Waals surface area contributed by atoms with Crippen molar-refractivity contribution in [2.24, 2.45) is 0 Å². The van der Waals surface area contributed by atoms with Crippen molar-refractivity contribution in [3.05, 3.63) is 53.6 Å². The van der Waals surface area contributed by atoms with Crippen molar-refractivity contribution in [1.29, 1.82) is 0 Å². The van der Waals surface area contributed by atoms with Crippen LogP contribution in [0, 0.1) is 0 Å². The van der Waals surface area contributed by atoms with Crippen LogP contribution in [0.15, 0.2) is 42.5 Å². The maximum Gasteiger partial charge on any atom is 0.176 e. The van der Waals surface area contributed by atoms with Crippen molar-refractivity contribution in [2.75, 3.05) is 60.4 Å². The molecule has 2 aromatic rings. The zero-order chi connectivity index (χ0) is 20.7. The quantitative estimate of drug-likeness (QED) is 0.635. The van der Waals surface area contributed by atoms with Gasteiger partial charge in [-0.15, -0.1) is 0 Å². The fraction of sp³-hybridized carbons (Fsp3) is 0.409. The van der Waals surface area contributed by atoms with E-state index in [1.54, 1.807) is 32.4 Å². The summed E-state index contributed by atoms with van der Waals surface area (Å²) in [5.41, 5.74) is 2.97. The van der Waals surface area contributed by atoms with E-state index < -0.39 is 0 Å². The highest BCUT2D eigenvalue weighted by Gasteiger charge is 2.16. The van der Waals surface area contributed by atoms with Gasteiger partial charge in [0.2, 0.25) is 0 Å². The molecule has 0 spiro atoms. The summed E-state index contributed by atoms with van der Waals surface area (Å²) >= 11 is 0. The Kier molecular flexibility index (Phi) is 7.84. The minimum absolute atomic E-state index is 0.0152. The average molecular weight is 386 g/mol. The van der Waals surface area contributed by atoms with E-state index in [1.807, 2.05) is 28.2 Å². The van der Waals surface area contributed by atoms with Crippen LogP contribution in [0.2, 0.25) is 0 Å². The molecule has 0 aromatic heterocycles. The van der Waals surface area contributed by atoms with Crippen LogP contribution in [0.5, 0.6) is 11.5 Å². The molecule has 0 fully saturated rings. The minimum Gasteiger partial charge on any atom is -0.493 e. The SMILES string of the molecule is COc1ccc(C(=O)CNCC(c2ccc(N(C)C)cc2)N(C)C)cc1OC. The molecule has 6 nitrogen and oxygen atoms in total. The molecule has 0 bridgehead atoms. The lowest BCUT2D eigenvalue weighted by Gasteiger charge is -2.26. The van der Waals surface area contributed by atoms with Gasteiger partial charge >= 0.3 is 0 Å². The Balaban J connectivity index is 1.99. The fourth-order valence-corrected chi connectivity index (χ4v) is 3.03. The Morgan fingerprint density at radius 1 is 0.964 bits per heavy atom. The number of likely N-dealkylation sites (N-methyl/N-ethyl adjacent to an activating group) is 1. The summed E-state index contributed by atoms with van der Waals surface area (Å²) < 4.78 is 10.5. The van der Waals surface area contributed by atoms with Gasteiger partial charge < -0.3 is 24.6 Å². The summed E-state index contributed by atoms with van der Waals surface area (Å²) in [6.07, 6.45) is 0. The van der Waals surface area contributed by atoms with E-state index in [4.69, 9.17) is 9.47 Å². The molecule has 0 radical (unpaired) electrons. The highest BCUT2D eigenvalue weighted by molar-refractivity contribution is 5.98. The van der Waals surface area contributed by atoms with Crippen molar-refractivity contribution in [3.8, 4) is 11.5 Å². The number of carbonyl (C=O) groups excluding carboxylic acids is 1. The van der Waals surface area contributed by atoms with Gasteiger partial charge in [0, 0.05) is 37.9 Å². The molecule has 1 atom stereocenters. The molecule has 0 amide bonds. The number of rotatable bonds is 10. The smallest absolute Gasteiger partial charge is 0.176 e. The van der Waals surface area contributed by atoms with Gasteiger partial charge in [0.1, 0.15) is 0 Å². The van der Waals surface area contributed by atoms with Crippen LogP contribution in [-0.2, 0) is 0 Å². The molecule has 2 rings (SSSR count). The van der Waals surface area contributed by atoms with Crippen LogP contribution in [0.4, 0.5) is 5.69 Å². The van der Waals surface area contributed by atoms with E-state index in [-0.39, 0.29) is 18.4 Å². The first kappa shape index (κ1) is 21.7. The molecule has 0 aliphatic carbocycles. The Hall–Kier alpha value is -2.57. The first-order valence-electron chi connectivity index (χ1n) is 9.27. The summed E-state index contributed by atoms with van der Waals surface area (Å²) in [7, 11) is 11.3. The van der Waals surface area contributed by atoms with Crippen LogP contribution in [-0.4, -0.2) is 66.2 Å². The third kappa shape index (κ3) is 5.47. The lowest BCUT2D eigenvalue weighted by atomic mass is 10.0. The van der Waals surface area contributed by atoms with Gasteiger partial charge in [0.05, 0.1) is 20.8 Å². The van der Waals surface area contributed by atoms with Crippen molar-refractivity contribution in [1.82, 2.24) is 10.2 Å². The molecule has 6 heteroatoms. The van der Waals surface area contributed by atoms with E-state index in [0.717, 1.165) is 5.69 Å². The number of benzene rings is 2. The summed E-state index contributed by atoms with van der Waals surface area (Å²) in [4.78, 5) is 16.8. The molecule has 0 aliphatic heterocycles. The van der Waals surface area contributed by atoms with E-state index in [0.29, 0.717) is 23.6 Å². The number of Topliss-reactive ketones (excluding diaryl/α,β-unsaturated/α-hetero) is 1. The number of nitrogens with zero attached hydrogens (tertiary/aromatic N) is 2. The molecular formula is C22H31N3O3. The number of hydrogen-bond acceptors (Lipinski definition) is 6. The second kappa shape index (κ2) is 10.1. The lowest BCUT2D eigenvalue weighted by Crippen LogP contribution is -2.33. The molecule has 152 valence electrons. The number of ketones is 1. The second-order valence-electron chi connectivity index (χ2n) is 7.09. The molecule has 0 heterocycles. The summed E-state index contributed by atoms with van der Waals surface area (Å²) in [6.45, 7) is 0.933. The largest absolute Gasteiger partial charge is 0.493 e. The third-order valence-corrected chi connectivity index (χ3v) is 4.75. The number of methoxy groups -OCH3 is 2. The van der Waals surface area contributed by atoms with E-state index >= 15 is 0 Å². The minimum atomic E-state index is 0.0152. The monoisotopic (exact) mass is 385 g/mol. The Labute approximate surface area is 168 Å². The van der Waals surface area contributed by atoms with Crippen LogP contribution in [0.3, 0.4) is 0 Å².